The van der Waals surface area contributed by atoms with Crippen LogP contribution in [0.3, 0.4) is 0 Å². The van der Waals surface area contributed by atoms with Gasteiger partial charge in [0, 0.05) is 24.8 Å². The molecule has 1 heterocycles. The lowest BCUT2D eigenvalue weighted by atomic mass is 10.2. The SMILES string of the molecule is COc1ccc(NC(=O)N2CC(O)CC2CN(C)C)cc1. The Hall–Kier alpha value is -1.79. The van der Waals surface area contributed by atoms with Crippen molar-refractivity contribution in [1.29, 1.82) is 0 Å². The minimum atomic E-state index is -0.448. The Morgan fingerprint density at radius 1 is 1.43 bits per heavy atom. The molecule has 0 bridgehead atoms. The number of nitrogens with one attached hydrogen (secondary N) is 1. The second-order valence-corrected chi connectivity index (χ2v) is 5.62. The summed E-state index contributed by atoms with van der Waals surface area (Å²) in [4.78, 5) is 16.1. The summed E-state index contributed by atoms with van der Waals surface area (Å²) in [5, 5.41) is 12.7. The minimum Gasteiger partial charge on any atom is -0.497 e. The van der Waals surface area contributed by atoms with Gasteiger partial charge in [0.1, 0.15) is 5.75 Å². The normalized spacial score (nSPS) is 21.7. The molecule has 2 rings (SSSR count). The molecular formula is C15H23N3O3. The molecule has 1 fully saturated rings. The fraction of sp³-hybridized carbons (Fsp3) is 0.533. The topological polar surface area (TPSA) is 65.0 Å². The molecule has 0 radical (unpaired) electrons. The molecule has 1 aliphatic rings. The van der Waals surface area contributed by atoms with Crippen LogP contribution in [0.5, 0.6) is 5.75 Å². The highest BCUT2D eigenvalue weighted by Gasteiger charge is 2.34. The number of β-amino-alcohol motifs (C(OH)–C–C–N with tert-alkyl or cyclic N) is 1. The Balaban J connectivity index is 2.00. The van der Waals surface area contributed by atoms with Crippen molar-refractivity contribution in [2.24, 2.45) is 0 Å². The van der Waals surface area contributed by atoms with Crippen molar-refractivity contribution in [1.82, 2.24) is 9.80 Å². The summed E-state index contributed by atoms with van der Waals surface area (Å²) in [6, 6.07) is 7.04. The highest BCUT2D eigenvalue weighted by molar-refractivity contribution is 5.89. The smallest absolute Gasteiger partial charge is 0.322 e. The third kappa shape index (κ3) is 4.09. The number of hydrogen-bond acceptors (Lipinski definition) is 4. The monoisotopic (exact) mass is 293 g/mol. The van der Waals surface area contributed by atoms with E-state index in [9.17, 15) is 9.90 Å². The lowest BCUT2D eigenvalue weighted by Crippen LogP contribution is -2.43. The number of benzene rings is 1. The van der Waals surface area contributed by atoms with Gasteiger partial charge in [0.2, 0.25) is 0 Å². The summed E-state index contributed by atoms with van der Waals surface area (Å²) < 4.78 is 5.09. The molecule has 0 aliphatic carbocycles. The zero-order valence-electron chi connectivity index (χ0n) is 12.7. The zero-order valence-corrected chi connectivity index (χ0v) is 12.7. The first kappa shape index (κ1) is 15.6. The quantitative estimate of drug-likeness (QED) is 0.876. The number of likely N-dealkylation sites (N-methyl/N-ethyl adjacent to an activating group) is 1. The number of aliphatic hydroxyl groups is 1. The fourth-order valence-electron chi connectivity index (χ4n) is 2.60. The Morgan fingerprint density at radius 2 is 2.10 bits per heavy atom. The van der Waals surface area contributed by atoms with E-state index in [0.717, 1.165) is 12.3 Å². The third-order valence-electron chi connectivity index (χ3n) is 3.57. The van der Waals surface area contributed by atoms with Crippen LogP contribution in [0, 0.1) is 0 Å². The molecule has 0 spiro atoms. The summed E-state index contributed by atoms with van der Waals surface area (Å²) in [7, 11) is 5.53. The summed E-state index contributed by atoms with van der Waals surface area (Å²) >= 11 is 0. The number of urea groups is 1. The van der Waals surface area contributed by atoms with Crippen molar-refractivity contribution >= 4 is 11.7 Å². The van der Waals surface area contributed by atoms with Gasteiger partial charge in [-0.2, -0.15) is 0 Å². The second kappa shape index (κ2) is 6.78. The highest BCUT2D eigenvalue weighted by Crippen LogP contribution is 2.21. The molecule has 1 aromatic rings. The van der Waals surface area contributed by atoms with E-state index >= 15 is 0 Å². The average Bonchev–Trinajstić information content (AvgIpc) is 2.79. The number of anilines is 1. The van der Waals surface area contributed by atoms with E-state index in [1.807, 2.05) is 19.0 Å². The number of carbonyl (C=O) groups excluding carboxylic acids is 1. The number of aliphatic hydroxyl groups excluding tert-OH is 1. The van der Waals surface area contributed by atoms with Gasteiger partial charge in [-0.15, -0.1) is 0 Å². The van der Waals surface area contributed by atoms with Gasteiger partial charge in [-0.25, -0.2) is 4.79 Å². The molecular weight excluding hydrogens is 270 g/mol. The van der Waals surface area contributed by atoms with Crippen molar-refractivity contribution in [3.8, 4) is 5.75 Å². The molecule has 21 heavy (non-hydrogen) atoms. The molecule has 0 aromatic heterocycles. The van der Waals surface area contributed by atoms with Crippen LogP contribution in [0.25, 0.3) is 0 Å². The van der Waals surface area contributed by atoms with E-state index in [-0.39, 0.29) is 12.1 Å². The first-order valence-corrected chi connectivity index (χ1v) is 7.04. The van der Waals surface area contributed by atoms with Crippen molar-refractivity contribution in [2.45, 2.75) is 18.6 Å². The van der Waals surface area contributed by atoms with Gasteiger partial charge in [-0.1, -0.05) is 0 Å². The molecule has 2 unspecified atom stereocenters. The minimum absolute atomic E-state index is 0.0354. The van der Waals surface area contributed by atoms with Gasteiger partial charge < -0.3 is 25.0 Å². The summed E-state index contributed by atoms with van der Waals surface area (Å²) in [5.74, 6) is 0.745. The Bertz CT molecular complexity index is 476. The van der Waals surface area contributed by atoms with Crippen LogP contribution in [0.1, 0.15) is 6.42 Å². The molecule has 2 atom stereocenters. The largest absolute Gasteiger partial charge is 0.497 e. The Morgan fingerprint density at radius 3 is 2.67 bits per heavy atom. The van der Waals surface area contributed by atoms with Crippen molar-refractivity contribution in [3.63, 3.8) is 0 Å². The van der Waals surface area contributed by atoms with Crippen molar-refractivity contribution in [2.75, 3.05) is 39.6 Å². The molecule has 1 aliphatic heterocycles. The lowest BCUT2D eigenvalue weighted by Gasteiger charge is -2.27. The van der Waals surface area contributed by atoms with Gasteiger partial charge in [0.05, 0.1) is 13.2 Å². The molecule has 2 N–H and O–H groups in total. The first-order valence-electron chi connectivity index (χ1n) is 7.04. The fourth-order valence-corrected chi connectivity index (χ4v) is 2.60. The van der Waals surface area contributed by atoms with Crippen LogP contribution in [-0.2, 0) is 0 Å². The molecule has 2 amide bonds. The maximum atomic E-state index is 12.4. The average molecular weight is 293 g/mol. The van der Waals surface area contributed by atoms with E-state index < -0.39 is 6.10 Å². The van der Waals surface area contributed by atoms with Crippen molar-refractivity contribution < 1.29 is 14.6 Å². The van der Waals surface area contributed by atoms with Crippen molar-refractivity contribution in [3.05, 3.63) is 24.3 Å². The molecule has 0 saturated carbocycles. The zero-order chi connectivity index (χ0) is 15.4. The summed E-state index contributed by atoms with van der Waals surface area (Å²) in [6.45, 7) is 1.12. The molecule has 1 aromatic carbocycles. The molecule has 6 heteroatoms. The maximum Gasteiger partial charge on any atom is 0.322 e. The van der Waals surface area contributed by atoms with Crippen LogP contribution in [0.2, 0.25) is 0 Å². The predicted molar refractivity (Wildman–Crippen MR) is 81.7 cm³/mol. The number of ether oxygens (including phenoxy) is 1. The Kier molecular flexibility index (Phi) is 5.03. The van der Waals surface area contributed by atoms with Crippen LogP contribution in [0.4, 0.5) is 10.5 Å². The lowest BCUT2D eigenvalue weighted by molar-refractivity contribution is 0.174. The van der Waals surface area contributed by atoms with E-state index in [2.05, 4.69) is 5.32 Å². The standard InChI is InChI=1S/C15H23N3O3/c1-17(2)9-12-8-13(19)10-18(12)15(20)16-11-4-6-14(21-3)7-5-11/h4-7,12-13,19H,8-10H2,1-3H3,(H,16,20). The van der Waals surface area contributed by atoms with E-state index in [1.54, 1.807) is 36.3 Å². The maximum absolute atomic E-state index is 12.4. The summed E-state index contributed by atoms with van der Waals surface area (Å²) in [5.41, 5.74) is 0.714. The van der Waals surface area contributed by atoms with Gasteiger partial charge >= 0.3 is 6.03 Å². The number of carbonyl (C=O) groups is 1. The van der Waals surface area contributed by atoms with Crippen LogP contribution in [0.15, 0.2) is 24.3 Å². The number of methoxy groups -OCH3 is 1. The number of nitrogens with zero attached hydrogens (tertiary/aromatic N) is 2. The van der Waals surface area contributed by atoms with Gasteiger partial charge in [0.15, 0.2) is 0 Å². The number of amides is 2. The molecule has 1 saturated heterocycles. The summed E-state index contributed by atoms with van der Waals surface area (Å²) in [6.07, 6.45) is 0.172. The second-order valence-electron chi connectivity index (χ2n) is 5.62. The first-order chi connectivity index (χ1) is 9.99. The van der Waals surface area contributed by atoms with E-state index in [4.69, 9.17) is 4.74 Å². The molecule has 6 nitrogen and oxygen atoms in total. The van der Waals surface area contributed by atoms with E-state index in [0.29, 0.717) is 18.7 Å². The van der Waals surface area contributed by atoms with Crippen LogP contribution in [-0.4, -0.2) is 67.4 Å². The molecule has 116 valence electrons. The number of likely N-dealkylation sites (tertiary alicyclic amines) is 1. The van der Waals surface area contributed by atoms with Gasteiger partial charge in [-0.05, 0) is 44.8 Å². The van der Waals surface area contributed by atoms with Crippen LogP contribution < -0.4 is 10.1 Å². The number of rotatable bonds is 4. The Labute approximate surface area is 125 Å². The highest BCUT2D eigenvalue weighted by atomic mass is 16.5. The van der Waals surface area contributed by atoms with Gasteiger partial charge in [-0.3, -0.25) is 0 Å². The van der Waals surface area contributed by atoms with E-state index in [1.165, 1.54) is 0 Å². The number of hydrogen-bond donors (Lipinski definition) is 2. The van der Waals surface area contributed by atoms with Crippen LogP contribution >= 0.6 is 0 Å². The van der Waals surface area contributed by atoms with Gasteiger partial charge in [0.25, 0.3) is 0 Å². The third-order valence-corrected chi connectivity index (χ3v) is 3.57. The predicted octanol–water partition coefficient (Wildman–Crippen LogP) is 1.22.